The Hall–Kier alpha value is -6.55. The largest absolute Gasteiger partial charge is 0.460 e. The molecule has 0 radical (unpaired) electrons. The normalized spacial score (nSPS) is 13.0. The number of rotatable bonds is 9. The van der Waals surface area contributed by atoms with E-state index < -0.39 is 39.1 Å². The molecule has 8 rings (SSSR count). The van der Waals surface area contributed by atoms with Crippen LogP contribution in [0.4, 0.5) is 39.5 Å². The molecule has 0 aliphatic heterocycles. The standard InChI is InChI=1S/C43H24F9N3O3S/c44-40(45,42(48,49)50)41(46,47)43(51,52)59(56,57)58-35-22-21-25-11-4-7-18-31(25)36(35)28-15-10-16-29(23-28)38-53-37(26-12-2-1-3-13-26)54-39(55-38)34-24-27-14-5-6-17-30(27)32-19-8-9-20-33(32)34/h1-24H. The molecule has 1 heterocycles. The number of benzene rings is 7. The predicted octanol–water partition coefficient (Wildman–Crippen LogP) is 12.1. The van der Waals surface area contributed by atoms with Crippen molar-refractivity contribution >= 4 is 42.4 Å². The molecule has 7 aromatic carbocycles. The van der Waals surface area contributed by atoms with Gasteiger partial charge in [-0.2, -0.15) is 47.9 Å². The summed E-state index contributed by atoms with van der Waals surface area (Å²) in [6.45, 7) is 0. The summed E-state index contributed by atoms with van der Waals surface area (Å²) in [5.41, 5.74) is 1.23. The van der Waals surface area contributed by atoms with Gasteiger partial charge in [0.05, 0.1) is 0 Å². The highest BCUT2D eigenvalue weighted by molar-refractivity contribution is 7.88. The summed E-state index contributed by atoms with van der Waals surface area (Å²) in [5.74, 6) is -15.4. The molecular weight excluding hydrogens is 810 g/mol. The zero-order valence-corrected chi connectivity index (χ0v) is 30.5. The molecule has 0 saturated heterocycles. The number of hydrogen-bond donors (Lipinski definition) is 0. The summed E-state index contributed by atoms with van der Waals surface area (Å²) in [4.78, 5) is 14.4. The van der Waals surface area contributed by atoms with E-state index in [1.54, 1.807) is 42.5 Å². The van der Waals surface area contributed by atoms with Crippen LogP contribution in [0.15, 0.2) is 146 Å². The zero-order valence-electron chi connectivity index (χ0n) is 29.7. The maximum Gasteiger partial charge on any atom is 0.460 e. The van der Waals surface area contributed by atoms with Crippen LogP contribution in [0.5, 0.6) is 5.75 Å². The molecule has 0 aliphatic rings. The second kappa shape index (κ2) is 14.1. The Balaban J connectivity index is 1.30. The van der Waals surface area contributed by atoms with Gasteiger partial charge in [0.1, 0.15) is 0 Å². The third kappa shape index (κ3) is 6.56. The molecule has 0 bridgehead atoms. The summed E-state index contributed by atoms with van der Waals surface area (Å²) in [6.07, 6.45) is -7.25. The van der Waals surface area contributed by atoms with Crippen molar-refractivity contribution in [3.05, 3.63) is 146 Å². The number of aromatic nitrogens is 3. The van der Waals surface area contributed by atoms with Crippen LogP contribution >= 0.6 is 0 Å². The first-order valence-electron chi connectivity index (χ1n) is 17.4. The Kier molecular flexibility index (Phi) is 9.37. The fourth-order valence-corrected chi connectivity index (χ4v) is 7.62. The number of nitrogens with zero attached hydrogens (tertiary/aromatic N) is 3. The first-order valence-corrected chi connectivity index (χ1v) is 18.8. The molecule has 16 heteroatoms. The maximum absolute atomic E-state index is 14.9. The monoisotopic (exact) mass is 833 g/mol. The van der Waals surface area contributed by atoms with E-state index in [1.165, 1.54) is 36.4 Å². The van der Waals surface area contributed by atoms with Gasteiger partial charge in [-0.1, -0.05) is 127 Å². The fraction of sp³-hybridized carbons (Fsp3) is 0.0930. The molecule has 0 saturated carbocycles. The Morgan fingerprint density at radius 1 is 0.441 bits per heavy atom. The van der Waals surface area contributed by atoms with Crippen molar-refractivity contribution in [2.24, 2.45) is 0 Å². The van der Waals surface area contributed by atoms with E-state index >= 15 is 0 Å². The van der Waals surface area contributed by atoms with Crippen LogP contribution in [-0.4, -0.2) is 46.6 Å². The molecule has 0 amide bonds. The van der Waals surface area contributed by atoms with Crippen molar-refractivity contribution in [1.29, 1.82) is 0 Å². The van der Waals surface area contributed by atoms with E-state index in [-0.39, 0.29) is 39.5 Å². The van der Waals surface area contributed by atoms with Gasteiger partial charge in [-0.05, 0) is 56.1 Å². The second-order valence-corrected chi connectivity index (χ2v) is 14.9. The molecular formula is C43H24F9N3O3S. The molecule has 6 nitrogen and oxygen atoms in total. The first-order chi connectivity index (χ1) is 27.9. The van der Waals surface area contributed by atoms with E-state index in [0.29, 0.717) is 16.5 Å². The van der Waals surface area contributed by atoms with Gasteiger partial charge in [-0.15, -0.1) is 0 Å². The van der Waals surface area contributed by atoms with Gasteiger partial charge in [0, 0.05) is 22.3 Å². The van der Waals surface area contributed by atoms with Crippen molar-refractivity contribution in [3.63, 3.8) is 0 Å². The molecule has 1 aromatic heterocycles. The molecule has 59 heavy (non-hydrogen) atoms. The number of halogens is 9. The number of fused-ring (bicyclic) bond motifs is 4. The van der Waals surface area contributed by atoms with Crippen molar-refractivity contribution in [3.8, 4) is 51.0 Å². The average Bonchev–Trinajstić information content (AvgIpc) is 3.22. The molecule has 0 unspecified atom stereocenters. The van der Waals surface area contributed by atoms with Crippen LogP contribution in [0, 0.1) is 0 Å². The highest BCUT2D eigenvalue weighted by Gasteiger charge is 2.86. The van der Waals surface area contributed by atoms with E-state index in [2.05, 4.69) is 4.18 Å². The molecule has 0 N–H and O–H groups in total. The van der Waals surface area contributed by atoms with E-state index in [0.717, 1.165) is 33.7 Å². The van der Waals surface area contributed by atoms with Crippen LogP contribution in [0.25, 0.3) is 77.6 Å². The fourth-order valence-electron chi connectivity index (χ4n) is 6.70. The van der Waals surface area contributed by atoms with E-state index in [1.807, 2.05) is 54.6 Å². The lowest BCUT2D eigenvalue weighted by atomic mass is 9.95. The molecule has 298 valence electrons. The second-order valence-electron chi connectivity index (χ2n) is 13.3. The SMILES string of the molecule is O=S(=O)(Oc1ccc2ccccc2c1-c1cccc(-c2nc(-c3ccccc3)nc(-c3cc4ccccc4c4ccccc34)n2)c1)C(F)(F)C(F)(F)C(F)(F)C(F)(F)F. The lowest BCUT2D eigenvalue weighted by Gasteiger charge is -2.32. The van der Waals surface area contributed by atoms with Crippen molar-refractivity contribution < 1.29 is 52.1 Å². The highest BCUT2D eigenvalue weighted by atomic mass is 32.2. The van der Waals surface area contributed by atoms with Crippen molar-refractivity contribution in [1.82, 2.24) is 15.0 Å². The molecule has 0 spiro atoms. The maximum atomic E-state index is 14.9. The predicted molar refractivity (Wildman–Crippen MR) is 205 cm³/mol. The lowest BCUT2D eigenvalue weighted by Crippen LogP contribution is -2.63. The van der Waals surface area contributed by atoms with Gasteiger partial charge in [0.15, 0.2) is 23.2 Å². The summed E-state index contributed by atoms with van der Waals surface area (Å²) in [6, 6.07) is 40.0. The Bertz CT molecular complexity index is 3040. The van der Waals surface area contributed by atoms with Crippen LogP contribution in [0.1, 0.15) is 0 Å². The Labute approximate surface area is 328 Å². The lowest BCUT2D eigenvalue weighted by molar-refractivity contribution is -0.382. The smallest absolute Gasteiger partial charge is 0.377 e. The molecule has 8 aromatic rings. The van der Waals surface area contributed by atoms with Gasteiger partial charge >= 0.3 is 33.4 Å². The van der Waals surface area contributed by atoms with Gasteiger partial charge in [-0.3, -0.25) is 0 Å². The van der Waals surface area contributed by atoms with Crippen molar-refractivity contribution in [2.75, 3.05) is 0 Å². The summed E-state index contributed by atoms with van der Waals surface area (Å²) < 4.78 is 155. The minimum absolute atomic E-state index is 0.0135. The topological polar surface area (TPSA) is 82.0 Å². The van der Waals surface area contributed by atoms with Crippen molar-refractivity contribution in [2.45, 2.75) is 23.3 Å². The summed E-state index contributed by atoms with van der Waals surface area (Å²) in [7, 11) is -7.28. The minimum Gasteiger partial charge on any atom is -0.377 e. The van der Waals surface area contributed by atoms with E-state index in [9.17, 15) is 47.9 Å². The number of alkyl halides is 9. The Morgan fingerprint density at radius 2 is 0.966 bits per heavy atom. The first kappa shape index (κ1) is 39.3. The van der Waals surface area contributed by atoms with Gasteiger partial charge in [-0.25, -0.2) is 15.0 Å². The third-order valence-corrected chi connectivity index (χ3v) is 10.9. The van der Waals surface area contributed by atoms with Gasteiger partial charge in [0.2, 0.25) is 0 Å². The molecule has 0 aliphatic carbocycles. The Morgan fingerprint density at radius 3 is 1.64 bits per heavy atom. The van der Waals surface area contributed by atoms with Crippen LogP contribution in [0.3, 0.4) is 0 Å². The summed E-state index contributed by atoms with van der Waals surface area (Å²) >= 11 is 0. The van der Waals surface area contributed by atoms with Crippen LogP contribution in [-0.2, 0) is 10.1 Å². The summed E-state index contributed by atoms with van der Waals surface area (Å²) in [5, 5.41) is -2.98. The zero-order chi connectivity index (χ0) is 42.0. The molecule has 0 fully saturated rings. The minimum atomic E-state index is -7.49. The quantitative estimate of drug-likeness (QED) is 0.0818. The average molecular weight is 834 g/mol. The van der Waals surface area contributed by atoms with Gasteiger partial charge < -0.3 is 4.18 Å². The van der Waals surface area contributed by atoms with Crippen LogP contribution < -0.4 is 4.18 Å². The van der Waals surface area contributed by atoms with Crippen LogP contribution in [0.2, 0.25) is 0 Å². The highest BCUT2D eigenvalue weighted by Crippen LogP contribution is 2.55. The van der Waals surface area contributed by atoms with Gasteiger partial charge in [0.25, 0.3) is 0 Å². The molecule has 0 atom stereocenters. The third-order valence-electron chi connectivity index (χ3n) is 9.61. The van der Waals surface area contributed by atoms with E-state index in [4.69, 9.17) is 15.0 Å². The number of hydrogen-bond acceptors (Lipinski definition) is 6.